The molecule has 5 nitrogen and oxygen atoms in total. The fourth-order valence-electron chi connectivity index (χ4n) is 2.08. The van der Waals surface area contributed by atoms with E-state index in [4.69, 9.17) is 5.73 Å². The molecule has 21 heavy (non-hydrogen) atoms. The molecule has 0 bridgehead atoms. The molecule has 0 aliphatic rings. The first-order chi connectivity index (χ1) is 9.69. The van der Waals surface area contributed by atoms with E-state index in [1.54, 1.807) is 33.2 Å². The number of nitrogens with one attached hydrogen (secondary N) is 1. The van der Waals surface area contributed by atoms with E-state index < -0.39 is 5.54 Å². The van der Waals surface area contributed by atoms with Gasteiger partial charge in [0.25, 0.3) is 5.91 Å². The highest BCUT2D eigenvalue weighted by Gasteiger charge is 2.27. The quantitative estimate of drug-likeness (QED) is 0.873. The molecule has 0 spiro atoms. The first-order valence-corrected chi connectivity index (χ1v) is 7.11. The van der Waals surface area contributed by atoms with E-state index in [2.05, 4.69) is 5.32 Å². The third-order valence-corrected chi connectivity index (χ3v) is 3.42. The Morgan fingerprint density at radius 1 is 1.33 bits per heavy atom. The van der Waals surface area contributed by atoms with Gasteiger partial charge in [-0.25, -0.2) is 0 Å². The topological polar surface area (TPSA) is 75.4 Å². The highest BCUT2D eigenvalue weighted by Crippen LogP contribution is 2.19. The lowest BCUT2D eigenvalue weighted by molar-refractivity contribution is -0.120. The summed E-state index contributed by atoms with van der Waals surface area (Å²) in [7, 11) is 3.40. The van der Waals surface area contributed by atoms with Crippen LogP contribution >= 0.6 is 0 Å². The first kappa shape index (κ1) is 17.2. The fraction of sp³-hybridized carbons (Fsp3) is 0.500. The number of carbonyl (C=O) groups excluding carboxylic acids is 2. The Labute approximate surface area is 126 Å². The van der Waals surface area contributed by atoms with Gasteiger partial charge in [0.15, 0.2) is 0 Å². The molecule has 116 valence electrons. The lowest BCUT2D eigenvalue weighted by atomic mass is 9.96. The normalized spacial score (nSPS) is 13.4. The van der Waals surface area contributed by atoms with Crippen LogP contribution in [0.1, 0.15) is 42.6 Å². The average molecular weight is 291 g/mol. The van der Waals surface area contributed by atoms with Gasteiger partial charge >= 0.3 is 0 Å². The molecule has 1 unspecified atom stereocenters. The molecule has 0 heterocycles. The summed E-state index contributed by atoms with van der Waals surface area (Å²) >= 11 is 0. The fourth-order valence-corrected chi connectivity index (χ4v) is 2.08. The third-order valence-electron chi connectivity index (χ3n) is 3.42. The van der Waals surface area contributed by atoms with Crippen molar-refractivity contribution >= 4 is 17.5 Å². The zero-order chi connectivity index (χ0) is 16.2. The number of anilines is 1. The van der Waals surface area contributed by atoms with Gasteiger partial charge in [0, 0.05) is 25.3 Å². The summed E-state index contributed by atoms with van der Waals surface area (Å²) in [5.74, 6) is -0.330. The molecule has 5 heteroatoms. The molecule has 0 aliphatic carbocycles. The lowest BCUT2D eigenvalue weighted by Gasteiger charge is -2.23. The molecule has 1 rings (SSSR count). The minimum absolute atomic E-state index is 0.0901. The average Bonchev–Trinajstić information content (AvgIpc) is 2.39. The summed E-state index contributed by atoms with van der Waals surface area (Å²) in [5.41, 5.74) is 7.13. The highest BCUT2D eigenvalue weighted by molar-refractivity contribution is 6.00. The van der Waals surface area contributed by atoms with Crippen molar-refractivity contribution in [2.24, 2.45) is 5.73 Å². The number of aryl methyl sites for hydroxylation is 1. The Morgan fingerprint density at radius 3 is 2.48 bits per heavy atom. The number of amides is 2. The van der Waals surface area contributed by atoms with Crippen molar-refractivity contribution in [3.8, 4) is 0 Å². The molecule has 0 saturated carbocycles. The predicted molar refractivity (Wildman–Crippen MR) is 85.3 cm³/mol. The van der Waals surface area contributed by atoms with Crippen LogP contribution in [-0.4, -0.2) is 36.3 Å². The highest BCUT2D eigenvalue weighted by atomic mass is 16.2. The van der Waals surface area contributed by atoms with Crippen LogP contribution in [0.15, 0.2) is 18.2 Å². The van der Waals surface area contributed by atoms with Gasteiger partial charge in [-0.15, -0.1) is 0 Å². The van der Waals surface area contributed by atoms with Crippen molar-refractivity contribution in [3.63, 3.8) is 0 Å². The molecular weight excluding hydrogens is 266 g/mol. The van der Waals surface area contributed by atoms with E-state index in [0.717, 1.165) is 12.0 Å². The van der Waals surface area contributed by atoms with Gasteiger partial charge in [-0.05, 0) is 38.0 Å². The molecule has 0 aliphatic heterocycles. The Kier molecular flexibility index (Phi) is 5.49. The summed E-state index contributed by atoms with van der Waals surface area (Å²) in [4.78, 5) is 25.8. The van der Waals surface area contributed by atoms with Gasteiger partial charge in [-0.1, -0.05) is 19.4 Å². The van der Waals surface area contributed by atoms with Crippen molar-refractivity contribution in [2.45, 2.75) is 39.2 Å². The second kappa shape index (κ2) is 6.72. The molecule has 0 aromatic heterocycles. The van der Waals surface area contributed by atoms with Gasteiger partial charge < -0.3 is 16.0 Å². The van der Waals surface area contributed by atoms with Crippen LogP contribution in [0.2, 0.25) is 0 Å². The van der Waals surface area contributed by atoms with Gasteiger partial charge in [-0.3, -0.25) is 9.59 Å². The van der Waals surface area contributed by atoms with Crippen LogP contribution in [-0.2, 0) is 4.79 Å². The molecule has 1 aromatic rings. The van der Waals surface area contributed by atoms with Crippen LogP contribution in [0.3, 0.4) is 0 Å². The van der Waals surface area contributed by atoms with Crippen molar-refractivity contribution in [3.05, 3.63) is 29.3 Å². The van der Waals surface area contributed by atoms with E-state index in [9.17, 15) is 9.59 Å². The number of carbonyl (C=O) groups is 2. The van der Waals surface area contributed by atoms with Crippen LogP contribution in [0.5, 0.6) is 0 Å². The Balaban J connectivity index is 2.98. The Bertz CT molecular complexity index is 536. The van der Waals surface area contributed by atoms with Crippen molar-refractivity contribution < 1.29 is 9.59 Å². The van der Waals surface area contributed by atoms with Crippen LogP contribution in [0.25, 0.3) is 0 Å². The van der Waals surface area contributed by atoms with E-state index >= 15 is 0 Å². The monoisotopic (exact) mass is 291 g/mol. The maximum atomic E-state index is 12.2. The third kappa shape index (κ3) is 4.29. The minimum atomic E-state index is -0.911. The number of nitrogens with zero attached hydrogens (tertiary/aromatic N) is 1. The largest absolute Gasteiger partial charge is 0.345 e. The van der Waals surface area contributed by atoms with Gasteiger partial charge in [0.1, 0.15) is 0 Å². The minimum Gasteiger partial charge on any atom is -0.345 e. The van der Waals surface area contributed by atoms with Crippen molar-refractivity contribution in [1.82, 2.24) is 4.90 Å². The van der Waals surface area contributed by atoms with E-state index in [1.165, 1.54) is 4.90 Å². The van der Waals surface area contributed by atoms with Crippen molar-refractivity contribution in [1.29, 1.82) is 0 Å². The van der Waals surface area contributed by atoms with Crippen LogP contribution in [0.4, 0.5) is 5.69 Å². The van der Waals surface area contributed by atoms with Crippen LogP contribution in [0, 0.1) is 6.92 Å². The summed E-state index contributed by atoms with van der Waals surface area (Å²) in [6.07, 6.45) is 1.44. The summed E-state index contributed by atoms with van der Waals surface area (Å²) < 4.78 is 0. The summed E-state index contributed by atoms with van der Waals surface area (Å²) in [6.45, 7) is 5.57. The van der Waals surface area contributed by atoms with E-state index in [-0.39, 0.29) is 11.8 Å². The molecular formula is C16H25N3O2. The molecule has 3 N–H and O–H groups in total. The maximum Gasteiger partial charge on any atom is 0.253 e. The number of hydrogen-bond donors (Lipinski definition) is 2. The number of nitrogens with two attached hydrogens (primary N) is 1. The predicted octanol–water partition coefficient (Wildman–Crippen LogP) is 2.15. The second-order valence-electron chi connectivity index (χ2n) is 5.85. The Morgan fingerprint density at radius 2 is 1.95 bits per heavy atom. The molecule has 1 atom stereocenters. The zero-order valence-electron chi connectivity index (χ0n) is 13.5. The first-order valence-electron chi connectivity index (χ1n) is 7.11. The van der Waals surface area contributed by atoms with Gasteiger partial charge in [0.2, 0.25) is 5.91 Å². The molecule has 0 fully saturated rings. The lowest BCUT2D eigenvalue weighted by Crippen LogP contribution is -2.48. The molecule has 1 aromatic carbocycles. The Hall–Kier alpha value is -1.88. The summed E-state index contributed by atoms with van der Waals surface area (Å²) in [6, 6.07) is 5.29. The molecule has 0 saturated heterocycles. The summed E-state index contributed by atoms with van der Waals surface area (Å²) in [5, 5.41) is 2.79. The number of hydrogen-bond acceptors (Lipinski definition) is 3. The zero-order valence-corrected chi connectivity index (χ0v) is 13.5. The van der Waals surface area contributed by atoms with E-state index in [0.29, 0.717) is 17.7 Å². The van der Waals surface area contributed by atoms with Gasteiger partial charge in [0.05, 0.1) is 5.54 Å². The second-order valence-corrected chi connectivity index (χ2v) is 5.85. The number of rotatable bonds is 5. The number of benzene rings is 1. The van der Waals surface area contributed by atoms with Gasteiger partial charge in [-0.2, -0.15) is 0 Å². The standard InChI is InChI=1S/C16H25N3O2/c1-6-9-16(3,17)15(21)18-12-8-7-11(2)13(10-12)14(20)19(4)5/h7-8,10H,6,9,17H2,1-5H3,(H,18,21). The van der Waals surface area contributed by atoms with Crippen LogP contribution < -0.4 is 11.1 Å². The molecule has 2 amide bonds. The van der Waals surface area contributed by atoms with Crippen molar-refractivity contribution in [2.75, 3.05) is 19.4 Å². The maximum absolute atomic E-state index is 12.2. The smallest absolute Gasteiger partial charge is 0.253 e. The SMILES string of the molecule is CCCC(C)(N)C(=O)Nc1ccc(C)c(C(=O)N(C)C)c1. The van der Waals surface area contributed by atoms with E-state index in [1.807, 2.05) is 19.9 Å². The molecule has 0 radical (unpaired) electrons.